The summed E-state index contributed by atoms with van der Waals surface area (Å²) in [6.45, 7) is 9.49. The second-order valence-corrected chi connectivity index (χ2v) is 5.15. The summed E-state index contributed by atoms with van der Waals surface area (Å²) in [4.78, 5) is 2.46. The highest BCUT2D eigenvalue weighted by Gasteiger charge is 2.43. The second kappa shape index (κ2) is 5.86. The molecule has 0 aliphatic carbocycles. The van der Waals surface area contributed by atoms with Gasteiger partial charge in [0.05, 0.1) is 6.61 Å². The number of aliphatic hydroxyl groups is 1. The fourth-order valence-electron chi connectivity index (χ4n) is 3.08. The van der Waals surface area contributed by atoms with Gasteiger partial charge in [-0.1, -0.05) is 33.6 Å². The van der Waals surface area contributed by atoms with E-state index in [0.717, 1.165) is 6.42 Å². The monoisotopic (exact) mass is 213 g/mol. The fourth-order valence-corrected chi connectivity index (χ4v) is 3.08. The van der Waals surface area contributed by atoms with Crippen LogP contribution in [0.15, 0.2) is 0 Å². The standard InChI is InChI=1S/C13H27NO/c1-4-7-13(8-5-2)10-14(11-13)12(6-3)9-15/h12,15H,4-11H2,1-3H3/t12-/m0/s1. The number of hydrogen-bond donors (Lipinski definition) is 1. The summed E-state index contributed by atoms with van der Waals surface area (Å²) in [5.41, 5.74) is 0.589. The highest BCUT2D eigenvalue weighted by Crippen LogP contribution is 2.40. The van der Waals surface area contributed by atoms with Gasteiger partial charge in [-0.3, -0.25) is 4.90 Å². The molecule has 2 nitrogen and oxygen atoms in total. The topological polar surface area (TPSA) is 23.5 Å². The lowest BCUT2D eigenvalue weighted by Crippen LogP contribution is -2.60. The number of likely N-dealkylation sites (tertiary alicyclic amines) is 1. The van der Waals surface area contributed by atoms with Gasteiger partial charge in [-0.15, -0.1) is 0 Å². The Balaban J connectivity index is 2.41. The van der Waals surface area contributed by atoms with Crippen molar-refractivity contribution >= 4 is 0 Å². The van der Waals surface area contributed by atoms with Crippen LogP contribution >= 0.6 is 0 Å². The first-order valence-electron chi connectivity index (χ1n) is 6.56. The van der Waals surface area contributed by atoms with E-state index in [9.17, 15) is 5.11 Å². The number of rotatable bonds is 7. The van der Waals surface area contributed by atoms with Crippen molar-refractivity contribution in [3.05, 3.63) is 0 Å². The summed E-state index contributed by atoms with van der Waals surface area (Å²) >= 11 is 0. The van der Waals surface area contributed by atoms with Crippen LogP contribution in [0.2, 0.25) is 0 Å². The Morgan fingerprint density at radius 2 is 1.67 bits per heavy atom. The largest absolute Gasteiger partial charge is 0.395 e. The van der Waals surface area contributed by atoms with Gasteiger partial charge in [-0.25, -0.2) is 0 Å². The maximum atomic E-state index is 9.25. The number of nitrogens with zero attached hydrogens (tertiary/aromatic N) is 1. The number of hydrogen-bond acceptors (Lipinski definition) is 2. The molecule has 1 rings (SSSR count). The Kier molecular flexibility index (Phi) is 5.07. The van der Waals surface area contributed by atoms with E-state index in [1.807, 2.05) is 0 Å². The molecule has 1 aliphatic rings. The molecule has 0 bridgehead atoms. The molecule has 1 atom stereocenters. The highest BCUT2D eigenvalue weighted by atomic mass is 16.3. The number of aliphatic hydroxyl groups excluding tert-OH is 1. The summed E-state index contributed by atoms with van der Waals surface area (Å²) in [6, 6.07) is 0.409. The van der Waals surface area contributed by atoms with Crippen molar-refractivity contribution in [2.75, 3.05) is 19.7 Å². The van der Waals surface area contributed by atoms with Crippen LogP contribution < -0.4 is 0 Å². The molecule has 0 aromatic carbocycles. The van der Waals surface area contributed by atoms with Gasteiger partial charge in [0.15, 0.2) is 0 Å². The Bertz CT molecular complexity index is 163. The Hall–Kier alpha value is -0.0800. The molecule has 15 heavy (non-hydrogen) atoms. The van der Waals surface area contributed by atoms with Gasteiger partial charge in [-0.2, -0.15) is 0 Å². The zero-order valence-electron chi connectivity index (χ0n) is 10.6. The SMILES string of the molecule is CCCC1(CCC)CN([C@@H](CC)CO)C1. The zero-order chi connectivity index (χ0) is 11.3. The van der Waals surface area contributed by atoms with E-state index in [4.69, 9.17) is 0 Å². The molecule has 1 heterocycles. The van der Waals surface area contributed by atoms with Crippen LogP contribution in [-0.2, 0) is 0 Å². The van der Waals surface area contributed by atoms with Crippen molar-refractivity contribution in [3.8, 4) is 0 Å². The third kappa shape index (κ3) is 2.94. The predicted octanol–water partition coefficient (Wildman–Crippen LogP) is 2.66. The van der Waals surface area contributed by atoms with Gasteiger partial charge in [0.1, 0.15) is 0 Å². The maximum absolute atomic E-state index is 9.25. The van der Waals surface area contributed by atoms with Gasteiger partial charge >= 0.3 is 0 Å². The normalized spacial score (nSPS) is 22.4. The van der Waals surface area contributed by atoms with E-state index in [2.05, 4.69) is 25.7 Å². The first kappa shape index (κ1) is 13.0. The van der Waals surface area contributed by atoms with Gasteiger partial charge in [-0.05, 0) is 24.7 Å². The van der Waals surface area contributed by atoms with Crippen molar-refractivity contribution in [2.24, 2.45) is 5.41 Å². The van der Waals surface area contributed by atoms with Gasteiger partial charge < -0.3 is 5.11 Å². The third-order valence-corrected chi connectivity index (χ3v) is 3.84. The lowest BCUT2D eigenvalue weighted by Gasteiger charge is -2.53. The van der Waals surface area contributed by atoms with Crippen LogP contribution in [0.5, 0.6) is 0 Å². The Labute approximate surface area is 94.7 Å². The van der Waals surface area contributed by atoms with Gasteiger partial charge in [0, 0.05) is 19.1 Å². The Morgan fingerprint density at radius 1 is 1.13 bits per heavy atom. The molecular formula is C13H27NO. The average molecular weight is 213 g/mol. The van der Waals surface area contributed by atoms with Crippen molar-refractivity contribution in [2.45, 2.75) is 58.9 Å². The molecular weight excluding hydrogens is 186 g/mol. The van der Waals surface area contributed by atoms with Crippen LogP contribution in [0.1, 0.15) is 52.9 Å². The molecule has 0 radical (unpaired) electrons. The second-order valence-electron chi connectivity index (χ2n) is 5.15. The molecule has 0 amide bonds. The lowest BCUT2D eigenvalue weighted by atomic mass is 9.72. The average Bonchev–Trinajstić information content (AvgIpc) is 2.17. The van der Waals surface area contributed by atoms with Crippen LogP contribution in [0.3, 0.4) is 0 Å². The fraction of sp³-hybridized carbons (Fsp3) is 1.00. The summed E-state index contributed by atoms with van der Waals surface area (Å²) in [7, 11) is 0. The summed E-state index contributed by atoms with van der Waals surface area (Å²) in [5, 5.41) is 9.25. The van der Waals surface area contributed by atoms with Crippen molar-refractivity contribution in [3.63, 3.8) is 0 Å². The first-order chi connectivity index (χ1) is 7.21. The van der Waals surface area contributed by atoms with Gasteiger partial charge in [0.25, 0.3) is 0 Å². The van der Waals surface area contributed by atoms with E-state index in [0.29, 0.717) is 18.1 Å². The summed E-state index contributed by atoms with van der Waals surface area (Å²) in [5.74, 6) is 0. The molecule has 1 N–H and O–H groups in total. The minimum atomic E-state index is 0.324. The van der Waals surface area contributed by atoms with E-state index < -0.39 is 0 Å². The maximum Gasteiger partial charge on any atom is 0.0586 e. The molecule has 0 saturated carbocycles. The van der Waals surface area contributed by atoms with E-state index in [1.54, 1.807) is 0 Å². The first-order valence-corrected chi connectivity index (χ1v) is 6.56. The van der Waals surface area contributed by atoms with Crippen molar-refractivity contribution in [1.29, 1.82) is 0 Å². The molecule has 0 spiro atoms. The smallest absolute Gasteiger partial charge is 0.0586 e. The van der Waals surface area contributed by atoms with Gasteiger partial charge in [0.2, 0.25) is 0 Å². The van der Waals surface area contributed by atoms with Crippen LogP contribution in [0.25, 0.3) is 0 Å². The Morgan fingerprint density at radius 3 is 2.00 bits per heavy atom. The third-order valence-electron chi connectivity index (χ3n) is 3.84. The highest BCUT2D eigenvalue weighted by molar-refractivity contribution is 4.96. The summed E-state index contributed by atoms with van der Waals surface area (Å²) < 4.78 is 0. The molecule has 2 heteroatoms. The summed E-state index contributed by atoms with van der Waals surface area (Å²) in [6.07, 6.45) is 6.39. The molecule has 1 aliphatic heterocycles. The molecule has 90 valence electrons. The molecule has 0 aromatic rings. The lowest BCUT2D eigenvalue weighted by molar-refractivity contribution is -0.0576. The van der Waals surface area contributed by atoms with Crippen LogP contribution in [-0.4, -0.2) is 35.7 Å². The van der Waals surface area contributed by atoms with Crippen LogP contribution in [0, 0.1) is 5.41 Å². The van der Waals surface area contributed by atoms with Crippen molar-refractivity contribution in [1.82, 2.24) is 4.90 Å². The van der Waals surface area contributed by atoms with Crippen LogP contribution in [0.4, 0.5) is 0 Å². The minimum absolute atomic E-state index is 0.324. The van der Waals surface area contributed by atoms with E-state index >= 15 is 0 Å². The van der Waals surface area contributed by atoms with E-state index in [-0.39, 0.29) is 0 Å². The molecule has 1 fully saturated rings. The molecule has 0 unspecified atom stereocenters. The quantitative estimate of drug-likeness (QED) is 0.703. The minimum Gasteiger partial charge on any atom is -0.395 e. The van der Waals surface area contributed by atoms with E-state index in [1.165, 1.54) is 38.8 Å². The molecule has 0 aromatic heterocycles. The molecule has 1 saturated heterocycles. The predicted molar refractivity (Wildman–Crippen MR) is 65.0 cm³/mol. The zero-order valence-corrected chi connectivity index (χ0v) is 10.6. The van der Waals surface area contributed by atoms with Crippen molar-refractivity contribution < 1.29 is 5.11 Å².